The second-order valence-electron chi connectivity index (χ2n) is 5.82. The SMILES string of the molecule is O=C(CCC(=O)N1CCN(c2ccccn2)CC1)Nc1ccccn1. The molecule has 1 fully saturated rings. The maximum atomic E-state index is 12.3. The summed E-state index contributed by atoms with van der Waals surface area (Å²) in [5.41, 5.74) is 0. The number of hydrogen-bond donors (Lipinski definition) is 1. The van der Waals surface area contributed by atoms with Crippen molar-refractivity contribution in [2.75, 3.05) is 36.4 Å². The highest BCUT2D eigenvalue weighted by molar-refractivity contribution is 5.92. The summed E-state index contributed by atoms with van der Waals surface area (Å²) in [4.78, 5) is 36.5. The van der Waals surface area contributed by atoms with Gasteiger partial charge in [0.25, 0.3) is 0 Å². The predicted molar refractivity (Wildman–Crippen MR) is 95.1 cm³/mol. The van der Waals surface area contributed by atoms with Crippen LogP contribution in [0.5, 0.6) is 0 Å². The monoisotopic (exact) mass is 339 g/mol. The summed E-state index contributed by atoms with van der Waals surface area (Å²) < 4.78 is 0. The normalized spacial score (nSPS) is 14.2. The molecule has 1 aliphatic heterocycles. The molecule has 2 amide bonds. The molecule has 0 aromatic carbocycles. The molecule has 7 heteroatoms. The summed E-state index contributed by atoms with van der Waals surface area (Å²) in [6.07, 6.45) is 3.76. The maximum absolute atomic E-state index is 12.3. The summed E-state index contributed by atoms with van der Waals surface area (Å²) in [5.74, 6) is 1.25. The van der Waals surface area contributed by atoms with E-state index >= 15 is 0 Å². The number of pyridine rings is 2. The van der Waals surface area contributed by atoms with Gasteiger partial charge in [-0.15, -0.1) is 0 Å². The van der Waals surface area contributed by atoms with Crippen molar-refractivity contribution < 1.29 is 9.59 Å². The van der Waals surface area contributed by atoms with Gasteiger partial charge in [-0.2, -0.15) is 0 Å². The molecule has 0 bridgehead atoms. The average molecular weight is 339 g/mol. The first-order chi connectivity index (χ1) is 12.2. The third-order valence-corrected chi connectivity index (χ3v) is 4.10. The van der Waals surface area contributed by atoms with Crippen molar-refractivity contribution in [2.24, 2.45) is 0 Å². The highest BCUT2D eigenvalue weighted by Gasteiger charge is 2.22. The molecule has 1 N–H and O–H groups in total. The maximum Gasteiger partial charge on any atom is 0.226 e. The van der Waals surface area contributed by atoms with Gasteiger partial charge in [-0.1, -0.05) is 12.1 Å². The first-order valence-electron chi connectivity index (χ1n) is 8.37. The number of carbonyl (C=O) groups excluding carboxylic acids is 2. The van der Waals surface area contributed by atoms with Crippen LogP contribution in [0.3, 0.4) is 0 Å². The highest BCUT2D eigenvalue weighted by atomic mass is 16.2. The van der Waals surface area contributed by atoms with Crippen LogP contribution in [0.2, 0.25) is 0 Å². The van der Waals surface area contributed by atoms with Crippen LogP contribution in [0.25, 0.3) is 0 Å². The van der Waals surface area contributed by atoms with Crippen LogP contribution in [-0.2, 0) is 9.59 Å². The van der Waals surface area contributed by atoms with Gasteiger partial charge in [0.1, 0.15) is 11.6 Å². The number of amides is 2. The molecule has 3 rings (SSSR count). The lowest BCUT2D eigenvalue weighted by Crippen LogP contribution is -2.49. The van der Waals surface area contributed by atoms with Crippen LogP contribution in [0.4, 0.5) is 11.6 Å². The number of nitrogens with zero attached hydrogens (tertiary/aromatic N) is 4. The highest BCUT2D eigenvalue weighted by Crippen LogP contribution is 2.13. The molecule has 1 aliphatic rings. The molecule has 3 heterocycles. The zero-order chi connectivity index (χ0) is 17.5. The van der Waals surface area contributed by atoms with Crippen LogP contribution < -0.4 is 10.2 Å². The molecule has 7 nitrogen and oxygen atoms in total. The summed E-state index contributed by atoms with van der Waals surface area (Å²) in [7, 11) is 0. The van der Waals surface area contributed by atoms with Crippen molar-refractivity contribution in [3.8, 4) is 0 Å². The van der Waals surface area contributed by atoms with Gasteiger partial charge >= 0.3 is 0 Å². The van der Waals surface area contributed by atoms with Crippen molar-refractivity contribution >= 4 is 23.5 Å². The van der Waals surface area contributed by atoms with Crippen molar-refractivity contribution in [1.29, 1.82) is 0 Å². The first-order valence-corrected chi connectivity index (χ1v) is 8.37. The molecule has 0 aliphatic carbocycles. The van der Waals surface area contributed by atoms with Crippen LogP contribution in [0.1, 0.15) is 12.8 Å². The van der Waals surface area contributed by atoms with Gasteiger partial charge < -0.3 is 15.1 Å². The van der Waals surface area contributed by atoms with E-state index in [4.69, 9.17) is 0 Å². The van der Waals surface area contributed by atoms with Crippen molar-refractivity contribution in [1.82, 2.24) is 14.9 Å². The minimum absolute atomic E-state index is 0.0110. The van der Waals surface area contributed by atoms with E-state index in [1.54, 1.807) is 30.6 Å². The second-order valence-corrected chi connectivity index (χ2v) is 5.82. The number of aromatic nitrogens is 2. The van der Waals surface area contributed by atoms with E-state index in [0.717, 1.165) is 18.9 Å². The smallest absolute Gasteiger partial charge is 0.226 e. The van der Waals surface area contributed by atoms with Gasteiger partial charge in [-0.05, 0) is 24.3 Å². The number of piperazine rings is 1. The Hall–Kier alpha value is -2.96. The summed E-state index contributed by atoms with van der Waals surface area (Å²) in [6.45, 7) is 2.81. The van der Waals surface area contributed by atoms with Gasteiger partial charge in [0.2, 0.25) is 11.8 Å². The fourth-order valence-electron chi connectivity index (χ4n) is 2.75. The van der Waals surface area contributed by atoms with E-state index in [-0.39, 0.29) is 24.7 Å². The predicted octanol–water partition coefficient (Wildman–Crippen LogP) is 1.54. The number of anilines is 2. The van der Waals surface area contributed by atoms with E-state index in [9.17, 15) is 9.59 Å². The Bertz CT molecular complexity index is 700. The Morgan fingerprint density at radius 3 is 2.28 bits per heavy atom. The summed E-state index contributed by atoms with van der Waals surface area (Å²) >= 11 is 0. The van der Waals surface area contributed by atoms with E-state index in [1.165, 1.54) is 0 Å². The Kier molecular flexibility index (Phi) is 5.56. The molecule has 2 aromatic rings. The largest absolute Gasteiger partial charge is 0.353 e. The van der Waals surface area contributed by atoms with Crippen molar-refractivity contribution in [3.05, 3.63) is 48.8 Å². The van der Waals surface area contributed by atoms with Gasteiger partial charge in [0, 0.05) is 51.4 Å². The van der Waals surface area contributed by atoms with E-state index in [0.29, 0.717) is 18.9 Å². The van der Waals surface area contributed by atoms with E-state index < -0.39 is 0 Å². The standard InChI is InChI=1S/C18H21N5O2/c24-17(21-15-5-1-3-9-19-15)7-8-18(25)23-13-11-22(12-14-23)16-6-2-4-10-20-16/h1-6,9-10H,7-8,11-14H2,(H,19,21,24). The van der Waals surface area contributed by atoms with Crippen LogP contribution in [0.15, 0.2) is 48.8 Å². The minimum atomic E-state index is -0.195. The molecule has 0 radical (unpaired) electrons. The van der Waals surface area contributed by atoms with Crippen LogP contribution >= 0.6 is 0 Å². The van der Waals surface area contributed by atoms with Crippen LogP contribution in [-0.4, -0.2) is 52.9 Å². The third kappa shape index (κ3) is 4.76. The van der Waals surface area contributed by atoms with Gasteiger partial charge in [-0.25, -0.2) is 9.97 Å². The fraction of sp³-hybridized carbons (Fsp3) is 0.333. The zero-order valence-electron chi connectivity index (χ0n) is 14.0. The van der Waals surface area contributed by atoms with E-state index in [2.05, 4.69) is 20.2 Å². The molecular formula is C18H21N5O2. The lowest BCUT2D eigenvalue weighted by atomic mass is 10.2. The topological polar surface area (TPSA) is 78.4 Å². The molecular weight excluding hydrogens is 318 g/mol. The van der Waals surface area contributed by atoms with Gasteiger partial charge in [0.05, 0.1) is 0 Å². The lowest BCUT2D eigenvalue weighted by Gasteiger charge is -2.35. The van der Waals surface area contributed by atoms with Crippen molar-refractivity contribution in [3.63, 3.8) is 0 Å². The van der Waals surface area contributed by atoms with Gasteiger partial charge in [0.15, 0.2) is 0 Å². The molecule has 130 valence electrons. The molecule has 1 saturated heterocycles. The van der Waals surface area contributed by atoms with E-state index in [1.807, 2.05) is 23.1 Å². The zero-order valence-corrected chi connectivity index (χ0v) is 14.0. The minimum Gasteiger partial charge on any atom is -0.353 e. The second kappa shape index (κ2) is 8.23. The molecule has 0 saturated carbocycles. The third-order valence-electron chi connectivity index (χ3n) is 4.10. The summed E-state index contributed by atoms with van der Waals surface area (Å²) in [6, 6.07) is 11.1. The lowest BCUT2D eigenvalue weighted by molar-refractivity contribution is -0.133. The molecule has 0 atom stereocenters. The van der Waals surface area contributed by atoms with Crippen molar-refractivity contribution in [2.45, 2.75) is 12.8 Å². The quantitative estimate of drug-likeness (QED) is 0.894. The summed E-state index contributed by atoms with van der Waals surface area (Å²) in [5, 5.41) is 2.69. The number of nitrogens with one attached hydrogen (secondary N) is 1. The fourth-order valence-corrected chi connectivity index (χ4v) is 2.75. The van der Waals surface area contributed by atoms with Crippen LogP contribution in [0, 0.1) is 0 Å². The Morgan fingerprint density at radius 2 is 1.64 bits per heavy atom. The Morgan fingerprint density at radius 1 is 0.920 bits per heavy atom. The Labute approximate surface area is 146 Å². The average Bonchev–Trinajstić information content (AvgIpc) is 2.68. The number of carbonyl (C=O) groups is 2. The molecule has 2 aromatic heterocycles. The first kappa shape index (κ1) is 16.9. The van der Waals surface area contributed by atoms with Gasteiger partial charge in [-0.3, -0.25) is 9.59 Å². The molecule has 0 unspecified atom stereocenters. The number of rotatable bonds is 5. The number of hydrogen-bond acceptors (Lipinski definition) is 5. The molecule has 25 heavy (non-hydrogen) atoms. The Balaban J connectivity index is 1.41. The molecule has 0 spiro atoms.